The number of hydrogen-bond acceptors (Lipinski definition) is 4. The summed E-state index contributed by atoms with van der Waals surface area (Å²) in [4.78, 5) is 16.5. The Morgan fingerprint density at radius 3 is 2.37 bits per heavy atom. The summed E-state index contributed by atoms with van der Waals surface area (Å²) >= 11 is 0. The van der Waals surface area contributed by atoms with Crippen LogP contribution in [0.2, 0.25) is 0 Å². The number of hydrogen-bond donors (Lipinski definition) is 1. The first-order chi connectivity index (χ1) is 13.3. The highest BCUT2D eigenvalue weighted by molar-refractivity contribution is 5.91. The molecule has 1 fully saturated rings. The summed E-state index contributed by atoms with van der Waals surface area (Å²) in [6.45, 7) is 2.69. The number of amides is 1. The van der Waals surface area contributed by atoms with Gasteiger partial charge in [0, 0.05) is 6.54 Å². The third kappa shape index (κ3) is 4.06. The summed E-state index contributed by atoms with van der Waals surface area (Å²) in [7, 11) is 0. The van der Waals surface area contributed by atoms with E-state index in [1.807, 2.05) is 48.5 Å². The number of benzene rings is 2. The number of aromatic nitrogens is 3. The number of carbonyl (C=O) groups is 1. The molecule has 1 N–H and O–H groups in total. The van der Waals surface area contributed by atoms with Crippen molar-refractivity contribution in [2.24, 2.45) is 0 Å². The zero-order valence-corrected chi connectivity index (χ0v) is 15.2. The average molecular weight is 361 g/mol. The molecule has 1 saturated heterocycles. The van der Waals surface area contributed by atoms with Crippen molar-refractivity contribution < 1.29 is 4.79 Å². The molecule has 1 atom stereocenters. The first-order valence-electron chi connectivity index (χ1n) is 9.36. The maximum Gasteiger partial charge on any atom is 0.273 e. The van der Waals surface area contributed by atoms with Gasteiger partial charge in [0.15, 0.2) is 5.69 Å². The third-order valence-electron chi connectivity index (χ3n) is 4.93. The fourth-order valence-corrected chi connectivity index (χ4v) is 3.52. The van der Waals surface area contributed by atoms with E-state index in [4.69, 9.17) is 0 Å². The van der Waals surface area contributed by atoms with Crippen molar-refractivity contribution in [2.75, 3.05) is 19.6 Å². The lowest BCUT2D eigenvalue weighted by Gasteiger charge is -2.28. The van der Waals surface area contributed by atoms with Gasteiger partial charge in [0.05, 0.1) is 17.9 Å². The summed E-state index contributed by atoms with van der Waals surface area (Å²) in [5.41, 5.74) is 2.38. The number of nitrogens with one attached hydrogen (secondary N) is 1. The second-order valence-corrected chi connectivity index (χ2v) is 6.73. The van der Waals surface area contributed by atoms with Crippen LogP contribution in [0, 0.1) is 0 Å². The summed E-state index contributed by atoms with van der Waals surface area (Å²) in [6.07, 6.45) is 3.93. The van der Waals surface area contributed by atoms with E-state index in [-0.39, 0.29) is 11.9 Å². The van der Waals surface area contributed by atoms with Gasteiger partial charge in [0.25, 0.3) is 5.91 Å². The maximum atomic E-state index is 12.6. The fraction of sp³-hybridized carbons (Fsp3) is 0.286. The van der Waals surface area contributed by atoms with Gasteiger partial charge in [-0.25, -0.2) is 0 Å². The van der Waals surface area contributed by atoms with Gasteiger partial charge < -0.3 is 5.32 Å². The molecule has 4 rings (SSSR count). The van der Waals surface area contributed by atoms with Gasteiger partial charge in [-0.15, -0.1) is 5.10 Å². The lowest BCUT2D eigenvalue weighted by atomic mass is 10.1. The average Bonchev–Trinajstić information content (AvgIpc) is 3.42. The Labute approximate surface area is 158 Å². The van der Waals surface area contributed by atoms with Gasteiger partial charge in [0.1, 0.15) is 0 Å². The molecule has 0 bridgehead atoms. The van der Waals surface area contributed by atoms with E-state index < -0.39 is 0 Å². The summed E-state index contributed by atoms with van der Waals surface area (Å²) in [6, 6.07) is 20.1. The Morgan fingerprint density at radius 1 is 1.00 bits per heavy atom. The number of carbonyl (C=O) groups excluding carboxylic acids is 1. The zero-order valence-electron chi connectivity index (χ0n) is 15.2. The van der Waals surface area contributed by atoms with Gasteiger partial charge in [-0.1, -0.05) is 48.5 Å². The Morgan fingerprint density at radius 2 is 1.67 bits per heavy atom. The molecule has 1 amide bonds. The van der Waals surface area contributed by atoms with Crippen molar-refractivity contribution in [3.05, 3.63) is 78.1 Å². The molecule has 27 heavy (non-hydrogen) atoms. The largest absolute Gasteiger partial charge is 0.349 e. The van der Waals surface area contributed by atoms with Crippen LogP contribution >= 0.6 is 0 Å². The van der Waals surface area contributed by atoms with E-state index >= 15 is 0 Å². The topological polar surface area (TPSA) is 63.1 Å². The minimum absolute atomic E-state index is 0.182. The van der Waals surface area contributed by atoms with Gasteiger partial charge in [0.2, 0.25) is 0 Å². The minimum Gasteiger partial charge on any atom is -0.349 e. The molecule has 0 radical (unpaired) electrons. The second kappa shape index (κ2) is 8.14. The highest BCUT2D eigenvalue weighted by Gasteiger charge is 2.24. The molecule has 1 aliphatic heterocycles. The quantitative estimate of drug-likeness (QED) is 0.733. The van der Waals surface area contributed by atoms with Crippen LogP contribution in [-0.4, -0.2) is 45.4 Å². The van der Waals surface area contributed by atoms with Crippen molar-refractivity contribution in [2.45, 2.75) is 18.9 Å². The molecule has 0 saturated carbocycles. The highest BCUT2D eigenvalue weighted by Crippen LogP contribution is 2.24. The molecule has 1 aliphatic rings. The van der Waals surface area contributed by atoms with E-state index in [1.165, 1.54) is 29.4 Å². The molecule has 138 valence electrons. The number of likely N-dealkylation sites (tertiary alicyclic amines) is 1. The van der Waals surface area contributed by atoms with Gasteiger partial charge in [-0.3, -0.25) is 9.69 Å². The molecular weight excluding hydrogens is 338 g/mol. The van der Waals surface area contributed by atoms with Crippen LogP contribution < -0.4 is 5.32 Å². The lowest BCUT2D eigenvalue weighted by molar-refractivity contribution is 0.0932. The first-order valence-corrected chi connectivity index (χ1v) is 9.36. The predicted molar refractivity (Wildman–Crippen MR) is 104 cm³/mol. The molecule has 6 heteroatoms. The zero-order chi connectivity index (χ0) is 18.5. The monoisotopic (exact) mass is 361 g/mol. The Kier molecular flexibility index (Phi) is 5.25. The molecule has 6 nitrogen and oxygen atoms in total. The van der Waals surface area contributed by atoms with Crippen molar-refractivity contribution >= 4 is 5.91 Å². The van der Waals surface area contributed by atoms with Crippen molar-refractivity contribution in [1.82, 2.24) is 25.2 Å². The molecule has 2 heterocycles. The van der Waals surface area contributed by atoms with E-state index in [1.54, 1.807) is 0 Å². The van der Waals surface area contributed by atoms with Crippen LogP contribution in [0.5, 0.6) is 0 Å². The van der Waals surface area contributed by atoms with Crippen LogP contribution in [0.25, 0.3) is 5.69 Å². The Balaban J connectivity index is 1.45. The highest BCUT2D eigenvalue weighted by atomic mass is 16.2. The second-order valence-electron chi connectivity index (χ2n) is 6.73. The fourth-order valence-electron chi connectivity index (χ4n) is 3.52. The number of nitrogens with zero attached hydrogens (tertiary/aromatic N) is 4. The first kappa shape index (κ1) is 17.4. The van der Waals surface area contributed by atoms with Crippen LogP contribution in [0.3, 0.4) is 0 Å². The van der Waals surface area contributed by atoms with E-state index in [0.717, 1.165) is 18.8 Å². The Hall–Kier alpha value is -2.99. The molecule has 1 aromatic heterocycles. The smallest absolute Gasteiger partial charge is 0.273 e. The van der Waals surface area contributed by atoms with Crippen molar-refractivity contribution in [1.29, 1.82) is 0 Å². The van der Waals surface area contributed by atoms with E-state index in [9.17, 15) is 4.79 Å². The summed E-state index contributed by atoms with van der Waals surface area (Å²) < 4.78 is 0. The van der Waals surface area contributed by atoms with E-state index in [2.05, 4.69) is 32.5 Å². The molecule has 3 aromatic rings. The van der Waals surface area contributed by atoms with Crippen LogP contribution in [0.15, 0.2) is 66.9 Å². The number of para-hydroxylation sites is 1. The maximum absolute atomic E-state index is 12.6. The number of rotatable bonds is 6. The lowest BCUT2D eigenvalue weighted by Crippen LogP contribution is -2.37. The van der Waals surface area contributed by atoms with Gasteiger partial charge in [-0.2, -0.15) is 9.90 Å². The summed E-state index contributed by atoms with van der Waals surface area (Å²) in [5, 5.41) is 11.6. The standard InChI is InChI=1S/C21H23N5O/c27-21(19-15-23-26(24-19)18-11-5-2-6-12-18)22-16-20(25-13-7-8-14-25)17-9-3-1-4-10-17/h1-6,9-12,15,20H,7-8,13-14,16H2,(H,22,27). The summed E-state index contributed by atoms with van der Waals surface area (Å²) in [5.74, 6) is -0.197. The van der Waals surface area contributed by atoms with Crippen molar-refractivity contribution in [3.8, 4) is 5.69 Å². The molecule has 0 aliphatic carbocycles. The molecule has 0 spiro atoms. The third-order valence-corrected chi connectivity index (χ3v) is 4.93. The molecule has 1 unspecified atom stereocenters. The molecule has 2 aromatic carbocycles. The Bertz CT molecular complexity index is 872. The van der Waals surface area contributed by atoms with Crippen LogP contribution in [0.1, 0.15) is 34.9 Å². The molecular formula is C21H23N5O. The predicted octanol–water partition coefficient (Wildman–Crippen LogP) is 2.83. The SMILES string of the molecule is O=C(NCC(c1ccccc1)N1CCCC1)c1cnn(-c2ccccc2)n1. The van der Waals surface area contributed by atoms with E-state index in [0.29, 0.717) is 12.2 Å². The normalized spacial score (nSPS) is 15.6. The minimum atomic E-state index is -0.197. The van der Waals surface area contributed by atoms with Crippen LogP contribution in [0.4, 0.5) is 0 Å². The van der Waals surface area contributed by atoms with Gasteiger partial charge >= 0.3 is 0 Å². The van der Waals surface area contributed by atoms with Gasteiger partial charge in [-0.05, 0) is 43.6 Å². The van der Waals surface area contributed by atoms with Crippen molar-refractivity contribution in [3.63, 3.8) is 0 Å². The van der Waals surface area contributed by atoms with Crippen LogP contribution in [-0.2, 0) is 0 Å².